The molecule has 0 saturated carbocycles. The molecule has 0 bridgehead atoms. The molecule has 1 amide bonds. The third-order valence-electron chi connectivity index (χ3n) is 5.71. The second-order valence-electron chi connectivity index (χ2n) is 8.00. The lowest BCUT2D eigenvalue weighted by molar-refractivity contribution is 0.0766. The maximum absolute atomic E-state index is 11.8. The lowest BCUT2D eigenvalue weighted by Gasteiger charge is -2.31. The van der Waals surface area contributed by atoms with Crippen LogP contribution in [0, 0.1) is 12.3 Å². The van der Waals surface area contributed by atoms with Crippen molar-refractivity contribution >= 4 is 28.5 Å². The number of nitrogens with one attached hydrogen (secondary N) is 1. The Morgan fingerprint density at radius 2 is 1.97 bits per heavy atom. The van der Waals surface area contributed by atoms with Gasteiger partial charge in [0, 0.05) is 55.7 Å². The molecule has 0 aliphatic carbocycles. The highest BCUT2D eigenvalue weighted by Crippen LogP contribution is 2.36. The van der Waals surface area contributed by atoms with Gasteiger partial charge in [-0.25, -0.2) is 14.8 Å². The van der Waals surface area contributed by atoms with E-state index >= 15 is 0 Å². The number of rotatable bonds is 8. The van der Waals surface area contributed by atoms with Crippen molar-refractivity contribution in [3.8, 4) is 23.8 Å². The summed E-state index contributed by atoms with van der Waals surface area (Å²) in [7, 11) is 3.01. The van der Waals surface area contributed by atoms with Crippen LogP contribution in [-0.4, -0.2) is 67.6 Å². The maximum Gasteiger partial charge on any atom is 0.409 e. The normalized spacial score (nSPS) is 13.8. The van der Waals surface area contributed by atoms with Gasteiger partial charge in [0.15, 0.2) is 11.5 Å². The van der Waals surface area contributed by atoms with Crippen LogP contribution in [0.25, 0.3) is 10.9 Å². The molecular formula is C26H28N4O5. The van der Waals surface area contributed by atoms with E-state index in [9.17, 15) is 4.79 Å². The van der Waals surface area contributed by atoms with Crippen molar-refractivity contribution in [3.05, 3.63) is 48.3 Å². The highest BCUT2D eigenvalue weighted by Gasteiger charge is 2.25. The zero-order valence-electron chi connectivity index (χ0n) is 19.8. The number of fused-ring (bicyclic) bond motifs is 1. The van der Waals surface area contributed by atoms with Crippen LogP contribution in [0.2, 0.25) is 0 Å². The monoisotopic (exact) mass is 476 g/mol. The third kappa shape index (κ3) is 5.91. The molecule has 1 fully saturated rings. The zero-order valence-corrected chi connectivity index (χ0v) is 19.8. The quantitative estimate of drug-likeness (QED) is 0.385. The molecule has 35 heavy (non-hydrogen) atoms. The third-order valence-corrected chi connectivity index (χ3v) is 5.71. The molecule has 3 aromatic rings. The Kier molecular flexibility index (Phi) is 7.85. The number of terminal acetylenes is 1. The maximum atomic E-state index is 11.8. The fourth-order valence-corrected chi connectivity index (χ4v) is 3.89. The first-order chi connectivity index (χ1) is 17.1. The van der Waals surface area contributed by atoms with Crippen LogP contribution < -0.4 is 14.8 Å². The summed E-state index contributed by atoms with van der Waals surface area (Å²) >= 11 is 0. The number of carbonyl (C=O) groups excluding carboxylic acids is 1. The van der Waals surface area contributed by atoms with E-state index in [1.54, 1.807) is 12.0 Å². The lowest BCUT2D eigenvalue weighted by atomic mass is 10.1. The van der Waals surface area contributed by atoms with Crippen LogP contribution in [0.15, 0.2) is 42.7 Å². The molecule has 4 rings (SSSR count). The van der Waals surface area contributed by atoms with Crippen LogP contribution in [0.4, 0.5) is 16.3 Å². The number of methoxy groups -OCH3 is 2. The Morgan fingerprint density at radius 3 is 2.71 bits per heavy atom. The van der Waals surface area contributed by atoms with Crippen molar-refractivity contribution in [2.45, 2.75) is 18.9 Å². The van der Waals surface area contributed by atoms with Gasteiger partial charge in [-0.1, -0.05) is 12.0 Å². The molecule has 182 valence electrons. The van der Waals surface area contributed by atoms with E-state index in [-0.39, 0.29) is 12.2 Å². The van der Waals surface area contributed by atoms with Gasteiger partial charge in [-0.3, -0.25) is 0 Å². The Morgan fingerprint density at radius 1 is 1.14 bits per heavy atom. The summed E-state index contributed by atoms with van der Waals surface area (Å²) < 4.78 is 22.3. The summed E-state index contributed by atoms with van der Waals surface area (Å²) in [5, 5.41) is 4.11. The van der Waals surface area contributed by atoms with E-state index in [0.29, 0.717) is 62.0 Å². The van der Waals surface area contributed by atoms with Crippen LogP contribution in [0.3, 0.4) is 0 Å². The number of nitrogens with zero attached hydrogens (tertiary/aromatic N) is 3. The van der Waals surface area contributed by atoms with Crippen molar-refractivity contribution < 1.29 is 23.7 Å². The smallest absolute Gasteiger partial charge is 0.409 e. The number of hydrogen-bond donors (Lipinski definition) is 1. The number of aromatic nitrogens is 2. The molecule has 1 N–H and O–H groups in total. The zero-order chi connectivity index (χ0) is 24.6. The average Bonchev–Trinajstić information content (AvgIpc) is 2.89. The summed E-state index contributed by atoms with van der Waals surface area (Å²) in [6.07, 6.45) is 8.00. The van der Waals surface area contributed by atoms with Gasteiger partial charge in [0.2, 0.25) is 0 Å². The van der Waals surface area contributed by atoms with Gasteiger partial charge in [-0.2, -0.15) is 0 Å². The van der Waals surface area contributed by atoms with Gasteiger partial charge in [-0.05, 0) is 24.3 Å². The van der Waals surface area contributed by atoms with Gasteiger partial charge in [0.05, 0.1) is 19.2 Å². The Labute approximate surface area is 204 Å². The highest BCUT2D eigenvalue weighted by atomic mass is 16.5. The topological polar surface area (TPSA) is 95.0 Å². The number of carbonyl (C=O) groups is 1. The van der Waals surface area contributed by atoms with E-state index in [1.165, 1.54) is 13.4 Å². The molecular weight excluding hydrogens is 448 g/mol. The molecule has 9 nitrogen and oxygen atoms in total. The summed E-state index contributed by atoms with van der Waals surface area (Å²) in [5.41, 5.74) is 2.29. The molecule has 0 atom stereocenters. The number of benzene rings is 2. The standard InChI is InChI=1S/C26H28N4O5/c1-4-18-6-5-7-19(14-18)29-25-21-15-24(35-20-8-10-30(11-9-20)26(31)33-3)23(34-13-12-32-2)16-22(21)27-17-28-25/h1,5-7,14-17,20H,8-13H2,2-3H3,(H,27,28,29). The van der Waals surface area contributed by atoms with Gasteiger partial charge in [0.1, 0.15) is 24.9 Å². The summed E-state index contributed by atoms with van der Waals surface area (Å²) in [5.74, 6) is 4.42. The van der Waals surface area contributed by atoms with Gasteiger partial charge >= 0.3 is 6.09 Å². The van der Waals surface area contributed by atoms with Gasteiger partial charge < -0.3 is 29.2 Å². The predicted molar refractivity (Wildman–Crippen MR) is 132 cm³/mol. The van der Waals surface area contributed by atoms with Gasteiger partial charge in [-0.15, -0.1) is 6.42 Å². The fraction of sp³-hybridized carbons (Fsp3) is 0.346. The minimum absolute atomic E-state index is 0.0773. The number of likely N-dealkylation sites (tertiary alicyclic amines) is 1. The predicted octanol–water partition coefficient (Wildman–Crippen LogP) is 3.99. The molecule has 0 spiro atoms. The molecule has 1 aromatic heterocycles. The number of anilines is 2. The SMILES string of the molecule is C#Cc1cccc(Nc2ncnc3cc(OCCOC)c(OC4CCN(C(=O)OC)CC4)cc23)c1. The van der Waals surface area contributed by atoms with Crippen LogP contribution in [0.1, 0.15) is 18.4 Å². The van der Waals surface area contributed by atoms with Crippen molar-refractivity contribution in [1.29, 1.82) is 0 Å². The molecule has 0 radical (unpaired) electrons. The molecule has 1 saturated heterocycles. The minimum atomic E-state index is -0.320. The molecule has 9 heteroatoms. The molecule has 1 aliphatic rings. The number of hydrogen-bond acceptors (Lipinski definition) is 8. The van der Waals surface area contributed by atoms with Crippen LogP contribution >= 0.6 is 0 Å². The minimum Gasteiger partial charge on any atom is -0.487 e. The number of ether oxygens (including phenoxy) is 4. The summed E-state index contributed by atoms with van der Waals surface area (Å²) in [4.78, 5) is 22.3. The summed E-state index contributed by atoms with van der Waals surface area (Å²) in [6.45, 7) is 1.93. The molecule has 0 unspecified atom stereocenters. The van der Waals surface area contributed by atoms with Crippen LogP contribution in [0.5, 0.6) is 11.5 Å². The van der Waals surface area contributed by atoms with Crippen molar-refractivity contribution in [2.24, 2.45) is 0 Å². The second-order valence-corrected chi connectivity index (χ2v) is 8.00. The Balaban J connectivity index is 1.62. The van der Waals surface area contributed by atoms with Gasteiger partial charge in [0.25, 0.3) is 0 Å². The van der Waals surface area contributed by atoms with Crippen LogP contribution in [-0.2, 0) is 9.47 Å². The van der Waals surface area contributed by atoms with E-state index in [0.717, 1.165) is 16.6 Å². The first-order valence-electron chi connectivity index (χ1n) is 11.3. The van der Waals surface area contributed by atoms with Crippen molar-refractivity contribution in [1.82, 2.24) is 14.9 Å². The van der Waals surface area contributed by atoms with E-state index in [4.69, 9.17) is 25.4 Å². The molecule has 2 heterocycles. The Bertz CT molecular complexity index is 1220. The van der Waals surface area contributed by atoms with Crippen molar-refractivity contribution in [2.75, 3.05) is 45.8 Å². The number of amides is 1. The van der Waals surface area contributed by atoms with E-state index in [2.05, 4.69) is 21.2 Å². The number of piperidine rings is 1. The van der Waals surface area contributed by atoms with Crippen molar-refractivity contribution in [3.63, 3.8) is 0 Å². The highest BCUT2D eigenvalue weighted by molar-refractivity contribution is 5.93. The molecule has 2 aromatic carbocycles. The summed E-state index contributed by atoms with van der Waals surface area (Å²) in [6, 6.07) is 11.3. The Hall–Kier alpha value is -4.03. The van der Waals surface area contributed by atoms with E-state index in [1.807, 2.05) is 36.4 Å². The molecule has 1 aliphatic heterocycles. The van der Waals surface area contributed by atoms with E-state index < -0.39 is 0 Å². The average molecular weight is 477 g/mol. The fourth-order valence-electron chi connectivity index (χ4n) is 3.89. The first-order valence-corrected chi connectivity index (χ1v) is 11.3. The largest absolute Gasteiger partial charge is 0.487 e. The first kappa shape index (κ1) is 24.1. The second kappa shape index (κ2) is 11.4. The lowest BCUT2D eigenvalue weighted by Crippen LogP contribution is -2.41.